The van der Waals surface area contributed by atoms with E-state index in [-0.39, 0.29) is 17.8 Å². The zero-order valence-electron chi connectivity index (χ0n) is 14.2. The predicted molar refractivity (Wildman–Crippen MR) is 89.1 cm³/mol. The lowest BCUT2D eigenvalue weighted by Gasteiger charge is -2.24. The van der Waals surface area contributed by atoms with Gasteiger partial charge in [-0.05, 0) is 52.2 Å². The Labute approximate surface area is 138 Å². The number of carbonyl (C=O) groups excluding carboxylic acids is 1. The van der Waals surface area contributed by atoms with Crippen LogP contribution >= 0.6 is 0 Å². The second kappa shape index (κ2) is 6.51. The van der Waals surface area contributed by atoms with Crippen LogP contribution in [-0.4, -0.2) is 43.9 Å². The highest BCUT2D eigenvalue weighted by atomic mass is 32.2. The Bertz CT molecular complexity index is 659. The lowest BCUT2D eigenvalue weighted by Crippen LogP contribution is -2.35. The van der Waals surface area contributed by atoms with Gasteiger partial charge in [0.1, 0.15) is 5.60 Å². The summed E-state index contributed by atoms with van der Waals surface area (Å²) in [6.45, 7) is 8.36. The van der Waals surface area contributed by atoms with Gasteiger partial charge in [0, 0.05) is 13.1 Å². The molecule has 23 heavy (non-hydrogen) atoms. The smallest absolute Gasteiger partial charge is 0.410 e. The first-order valence-electron chi connectivity index (χ1n) is 7.84. The molecule has 1 amide bonds. The van der Waals surface area contributed by atoms with Crippen molar-refractivity contribution < 1.29 is 17.9 Å². The van der Waals surface area contributed by atoms with E-state index in [1.54, 1.807) is 29.2 Å². The summed E-state index contributed by atoms with van der Waals surface area (Å²) < 4.78 is 30.3. The fourth-order valence-electron chi connectivity index (χ4n) is 2.61. The minimum Gasteiger partial charge on any atom is -0.444 e. The van der Waals surface area contributed by atoms with Gasteiger partial charge in [-0.2, -0.15) is 0 Å². The predicted octanol–water partition coefficient (Wildman–Crippen LogP) is 3.03. The van der Waals surface area contributed by atoms with Gasteiger partial charge in [-0.15, -0.1) is 0 Å². The number of aryl methyl sites for hydroxylation is 1. The van der Waals surface area contributed by atoms with Crippen LogP contribution in [0.5, 0.6) is 0 Å². The highest BCUT2D eigenvalue weighted by molar-refractivity contribution is 7.91. The van der Waals surface area contributed by atoms with Gasteiger partial charge >= 0.3 is 6.09 Å². The Hall–Kier alpha value is -1.56. The molecule has 1 atom stereocenters. The number of ether oxygens (including phenoxy) is 1. The summed E-state index contributed by atoms with van der Waals surface area (Å²) in [6, 6.07) is 6.89. The minimum atomic E-state index is -3.32. The number of nitrogens with zero attached hydrogens (tertiary/aromatic N) is 1. The second-order valence-corrected chi connectivity index (χ2v) is 9.21. The van der Waals surface area contributed by atoms with E-state index in [1.165, 1.54) is 0 Å². The average Bonchev–Trinajstić information content (AvgIpc) is 2.85. The van der Waals surface area contributed by atoms with Gasteiger partial charge in [-0.25, -0.2) is 13.2 Å². The molecule has 0 unspecified atom stereocenters. The Morgan fingerprint density at radius 3 is 2.43 bits per heavy atom. The Morgan fingerprint density at radius 2 is 1.87 bits per heavy atom. The summed E-state index contributed by atoms with van der Waals surface area (Å²) in [5, 5.41) is 0. The number of hydrogen-bond donors (Lipinski definition) is 0. The van der Waals surface area contributed by atoms with Crippen LogP contribution in [0.2, 0.25) is 0 Å². The van der Waals surface area contributed by atoms with Crippen LogP contribution in [0, 0.1) is 12.8 Å². The molecule has 1 aliphatic heterocycles. The molecule has 1 saturated heterocycles. The maximum Gasteiger partial charge on any atom is 0.410 e. The zero-order valence-corrected chi connectivity index (χ0v) is 15.0. The molecular formula is C17H25NO4S. The summed E-state index contributed by atoms with van der Waals surface area (Å²) in [6.07, 6.45) is 0.317. The van der Waals surface area contributed by atoms with Crippen molar-refractivity contribution in [3.05, 3.63) is 29.8 Å². The van der Waals surface area contributed by atoms with Crippen molar-refractivity contribution in [1.82, 2.24) is 4.90 Å². The number of amides is 1. The standard InChI is InChI=1S/C17H25NO4S/c1-13-5-7-15(8-6-13)23(20,21)12-14-9-10-18(11-14)16(19)22-17(2,3)4/h5-8,14H,9-12H2,1-4H3/t14-/m0/s1. The van der Waals surface area contributed by atoms with Gasteiger partial charge in [0.25, 0.3) is 0 Å². The van der Waals surface area contributed by atoms with Crippen LogP contribution in [0.4, 0.5) is 4.79 Å². The van der Waals surface area contributed by atoms with Crippen molar-refractivity contribution in [2.75, 3.05) is 18.8 Å². The van der Waals surface area contributed by atoms with Gasteiger partial charge in [-0.1, -0.05) is 17.7 Å². The first kappa shape index (κ1) is 17.8. The Balaban J connectivity index is 1.97. The van der Waals surface area contributed by atoms with Gasteiger partial charge in [0.2, 0.25) is 0 Å². The van der Waals surface area contributed by atoms with Crippen LogP contribution in [0.3, 0.4) is 0 Å². The number of sulfone groups is 1. The highest BCUT2D eigenvalue weighted by Crippen LogP contribution is 2.23. The third kappa shape index (κ3) is 4.96. The molecule has 1 fully saturated rings. The van der Waals surface area contributed by atoms with Crippen LogP contribution in [0.1, 0.15) is 32.8 Å². The van der Waals surface area contributed by atoms with E-state index in [2.05, 4.69) is 0 Å². The lowest BCUT2D eigenvalue weighted by molar-refractivity contribution is 0.0289. The van der Waals surface area contributed by atoms with E-state index in [4.69, 9.17) is 4.74 Å². The van der Waals surface area contributed by atoms with E-state index in [9.17, 15) is 13.2 Å². The third-order valence-electron chi connectivity index (χ3n) is 3.77. The number of benzene rings is 1. The van der Waals surface area contributed by atoms with Gasteiger partial charge in [0.05, 0.1) is 10.6 Å². The summed E-state index contributed by atoms with van der Waals surface area (Å²) in [5.74, 6) is 0.0175. The van der Waals surface area contributed by atoms with Gasteiger partial charge in [0.15, 0.2) is 9.84 Å². The van der Waals surface area contributed by atoms with E-state index >= 15 is 0 Å². The fraction of sp³-hybridized carbons (Fsp3) is 0.588. The maximum atomic E-state index is 12.5. The summed E-state index contributed by atoms with van der Waals surface area (Å²) in [4.78, 5) is 14.0. The Morgan fingerprint density at radius 1 is 1.26 bits per heavy atom. The highest BCUT2D eigenvalue weighted by Gasteiger charge is 2.32. The maximum absolute atomic E-state index is 12.5. The molecule has 1 aromatic carbocycles. The summed E-state index contributed by atoms with van der Waals surface area (Å²) in [7, 11) is -3.32. The number of rotatable bonds is 3. The van der Waals surface area contributed by atoms with Crippen molar-refractivity contribution in [1.29, 1.82) is 0 Å². The van der Waals surface area contributed by atoms with Crippen LogP contribution in [0.15, 0.2) is 29.2 Å². The van der Waals surface area contributed by atoms with E-state index < -0.39 is 15.4 Å². The first-order valence-corrected chi connectivity index (χ1v) is 9.49. The molecule has 2 rings (SSSR count). The molecule has 1 heterocycles. The van der Waals surface area contributed by atoms with Crippen LogP contribution in [0.25, 0.3) is 0 Å². The largest absolute Gasteiger partial charge is 0.444 e. The molecule has 1 aliphatic rings. The summed E-state index contributed by atoms with van der Waals surface area (Å²) >= 11 is 0. The molecule has 0 bridgehead atoms. The number of carbonyl (C=O) groups is 1. The average molecular weight is 339 g/mol. The van der Waals surface area contributed by atoms with Crippen LogP contribution in [-0.2, 0) is 14.6 Å². The molecule has 0 aromatic heterocycles. The molecule has 0 aliphatic carbocycles. The number of likely N-dealkylation sites (tertiary alicyclic amines) is 1. The van der Waals surface area contributed by atoms with Gasteiger partial charge in [-0.3, -0.25) is 0 Å². The fourth-order valence-corrected chi connectivity index (χ4v) is 4.25. The molecule has 5 nitrogen and oxygen atoms in total. The van der Waals surface area contributed by atoms with E-state index in [0.717, 1.165) is 5.56 Å². The summed E-state index contributed by atoms with van der Waals surface area (Å²) in [5.41, 5.74) is 0.490. The van der Waals surface area contributed by atoms with Crippen molar-refractivity contribution in [2.45, 2.75) is 44.6 Å². The Kier molecular flexibility index (Phi) is 5.04. The minimum absolute atomic E-state index is 0.0474. The van der Waals surface area contributed by atoms with Crippen molar-refractivity contribution in [3.8, 4) is 0 Å². The molecule has 0 saturated carbocycles. The van der Waals surface area contributed by atoms with Crippen molar-refractivity contribution >= 4 is 15.9 Å². The molecule has 0 N–H and O–H groups in total. The zero-order chi connectivity index (χ0) is 17.3. The van der Waals surface area contributed by atoms with Gasteiger partial charge < -0.3 is 9.64 Å². The van der Waals surface area contributed by atoms with Crippen LogP contribution < -0.4 is 0 Å². The monoisotopic (exact) mass is 339 g/mol. The lowest BCUT2D eigenvalue weighted by atomic mass is 10.2. The number of hydrogen-bond acceptors (Lipinski definition) is 4. The quantitative estimate of drug-likeness (QED) is 0.849. The topological polar surface area (TPSA) is 63.7 Å². The normalized spacial score (nSPS) is 19.0. The molecule has 6 heteroatoms. The first-order chi connectivity index (χ1) is 10.6. The molecule has 0 radical (unpaired) electrons. The van der Waals surface area contributed by atoms with E-state index in [1.807, 2.05) is 27.7 Å². The second-order valence-electron chi connectivity index (χ2n) is 7.18. The van der Waals surface area contributed by atoms with Crippen molar-refractivity contribution in [2.24, 2.45) is 5.92 Å². The van der Waals surface area contributed by atoms with E-state index in [0.29, 0.717) is 24.4 Å². The SMILES string of the molecule is Cc1ccc(S(=O)(=O)C[C@H]2CCN(C(=O)OC(C)(C)C)C2)cc1. The molecule has 1 aromatic rings. The molecule has 128 valence electrons. The van der Waals surface area contributed by atoms with Crippen molar-refractivity contribution in [3.63, 3.8) is 0 Å². The molecule has 0 spiro atoms. The third-order valence-corrected chi connectivity index (χ3v) is 5.67. The molecular weight excluding hydrogens is 314 g/mol.